The molecular formula is C18H24ClN3O2S. The van der Waals surface area contributed by atoms with Gasteiger partial charge >= 0.3 is 0 Å². The standard InChI is InChI=1S/C18H24ClN3O2S/c1-6-11(2)14-15(23)16(22(5)21-14)20-17(24)18(3,4)25-13-9-7-12(19)8-10-13/h7-11,23H,6H2,1-5H3,(H,20,24). The number of aromatic hydroxyl groups is 1. The van der Waals surface area contributed by atoms with Crippen molar-refractivity contribution in [3.8, 4) is 5.75 Å². The molecule has 0 aliphatic heterocycles. The fraction of sp³-hybridized carbons (Fsp3) is 0.444. The number of aromatic nitrogens is 2. The summed E-state index contributed by atoms with van der Waals surface area (Å²) in [4.78, 5) is 13.7. The highest BCUT2D eigenvalue weighted by Crippen LogP contribution is 2.37. The van der Waals surface area contributed by atoms with E-state index in [0.29, 0.717) is 16.5 Å². The van der Waals surface area contributed by atoms with Gasteiger partial charge < -0.3 is 10.4 Å². The van der Waals surface area contributed by atoms with Crippen molar-refractivity contribution in [3.63, 3.8) is 0 Å². The molecule has 2 N–H and O–H groups in total. The zero-order chi connectivity index (χ0) is 18.8. The van der Waals surface area contributed by atoms with Crippen LogP contribution in [0.4, 0.5) is 5.82 Å². The predicted molar refractivity (Wildman–Crippen MR) is 104 cm³/mol. The van der Waals surface area contributed by atoms with Gasteiger partial charge in [-0.2, -0.15) is 5.10 Å². The van der Waals surface area contributed by atoms with Crippen molar-refractivity contribution in [1.29, 1.82) is 0 Å². The van der Waals surface area contributed by atoms with Crippen LogP contribution in [0.1, 0.15) is 45.7 Å². The predicted octanol–water partition coefficient (Wildman–Crippen LogP) is 4.80. The number of aryl methyl sites for hydroxylation is 1. The minimum atomic E-state index is -0.735. The summed E-state index contributed by atoms with van der Waals surface area (Å²) in [6.45, 7) is 7.70. The number of nitrogens with zero attached hydrogens (tertiary/aromatic N) is 2. The molecule has 1 unspecified atom stereocenters. The maximum absolute atomic E-state index is 12.7. The van der Waals surface area contributed by atoms with Crippen LogP contribution in [-0.2, 0) is 11.8 Å². The maximum atomic E-state index is 12.7. The number of carbonyl (C=O) groups excluding carboxylic acids is 1. The van der Waals surface area contributed by atoms with Crippen molar-refractivity contribution in [2.45, 2.75) is 49.7 Å². The molecule has 0 radical (unpaired) electrons. The minimum absolute atomic E-state index is 0.0393. The summed E-state index contributed by atoms with van der Waals surface area (Å²) < 4.78 is 0.777. The number of thioether (sulfide) groups is 1. The first-order valence-corrected chi connectivity index (χ1v) is 9.37. The lowest BCUT2D eigenvalue weighted by molar-refractivity contribution is -0.117. The molecule has 0 aliphatic carbocycles. The van der Waals surface area contributed by atoms with Crippen molar-refractivity contribution < 1.29 is 9.90 Å². The zero-order valence-corrected chi connectivity index (χ0v) is 16.7. The van der Waals surface area contributed by atoms with Crippen LogP contribution in [0.15, 0.2) is 29.2 Å². The molecule has 1 atom stereocenters. The average molecular weight is 382 g/mol. The van der Waals surface area contributed by atoms with Gasteiger partial charge in [-0.3, -0.25) is 4.79 Å². The average Bonchev–Trinajstić information content (AvgIpc) is 2.84. The lowest BCUT2D eigenvalue weighted by Gasteiger charge is -2.23. The summed E-state index contributed by atoms with van der Waals surface area (Å²) in [5.41, 5.74) is 0.600. The first-order valence-electron chi connectivity index (χ1n) is 8.17. The van der Waals surface area contributed by atoms with Gasteiger partial charge in [0.1, 0.15) is 5.69 Å². The van der Waals surface area contributed by atoms with Crippen LogP contribution in [0.3, 0.4) is 0 Å². The van der Waals surface area contributed by atoms with Crippen molar-refractivity contribution in [2.75, 3.05) is 5.32 Å². The molecule has 0 aliphatic rings. The molecule has 0 bridgehead atoms. The summed E-state index contributed by atoms with van der Waals surface area (Å²) in [6.07, 6.45) is 0.857. The van der Waals surface area contributed by atoms with E-state index in [1.807, 2.05) is 39.8 Å². The second kappa shape index (κ2) is 7.70. The lowest BCUT2D eigenvalue weighted by Crippen LogP contribution is -2.34. The molecule has 0 saturated carbocycles. The van der Waals surface area contributed by atoms with Gasteiger partial charge in [0.2, 0.25) is 5.91 Å². The number of amides is 1. The van der Waals surface area contributed by atoms with Crippen LogP contribution in [0.2, 0.25) is 5.02 Å². The second-order valence-electron chi connectivity index (χ2n) is 6.54. The molecule has 25 heavy (non-hydrogen) atoms. The van der Waals surface area contributed by atoms with Crippen LogP contribution in [0, 0.1) is 0 Å². The van der Waals surface area contributed by atoms with Crippen molar-refractivity contribution in [3.05, 3.63) is 35.0 Å². The molecule has 7 heteroatoms. The van der Waals surface area contributed by atoms with E-state index in [1.165, 1.54) is 16.4 Å². The number of rotatable bonds is 6. The van der Waals surface area contributed by atoms with Gasteiger partial charge in [0.15, 0.2) is 11.6 Å². The third kappa shape index (κ3) is 4.50. The fourth-order valence-electron chi connectivity index (χ4n) is 2.30. The first-order chi connectivity index (χ1) is 11.7. The van der Waals surface area contributed by atoms with Gasteiger partial charge in [-0.1, -0.05) is 25.4 Å². The van der Waals surface area contributed by atoms with Gasteiger partial charge in [0.05, 0.1) is 4.75 Å². The highest BCUT2D eigenvalue weighted by atomic mass is 35.5. The highest BCUT2D eigenvalue weighted by molar-refractivity contribution is 8.01. The number of benzene rings is 1. The van der Waals surface area contributed by atoms with Crippen LogP contribution >= 0.6 is 23.4 Å². The minimum Gasteiger partial charge on any atom is -0.503 e. The van der Waals surface area contributed by atoms with E-state index < -0.39 is 4.75 Å². The Morgan fingerprint density at radius 3 is 2.56 bits per heavy atom. The molecule has 1 aromatic heterocycles. The summed E-state index contributed by atoms with van der Waals surface area (Å²) in [5.74, 6) is 0.275. The van der Waals surface area contributed by atoms with Gasteiger partial charge in [0, 0.05) is 22.9 Å². The lowest BCUT2D eigenvalue weighted by atomic mass is 10.0. The van der Waals surface area contributed by atoms with Crippen LogP contribution in [0.5, 0.6) is 5.75 Å². The molecule has 1 heterocycles. The maximum Gasteiger partial charge on any atom is 0.241 e. The highest BCUT2D eigenvalue weighted by Gasteiger charge is 2.31. The third-order valence-electron chi connectivity index (χ3n) is 4.09. The number of halogens is 1. The van der Waals surface area contributed by atoms with E-state index in [2.05, 4.69) is 10.4 Å². The Kier molecular flexibility index (Phi) is 6.06. The van der Waals surface area contributed by atoms with E-state index in [0.717, 1.165) is 11.3 Å². The SMILES string of the molecule is CCC(C)c1nn(C)c(NC(=O)C(C)(C)Sc2ccc(Cl)cc2)c1O. The Morgan fingerprint density at radius 2 is 2.00 bits per heavy atom. The second-order valence-corrected chi connectivity index (χ2v) is 8.67. The van der Waals surface area contributed by atoms with Crippen LogP contribution in [0.25, 0.3) is 0 Å². The number of hydrogen-bond acceptors (Lipinski definition) is 4. The van der Waals surface area contributed by atoms with E-state index in [-0.39, 0.29) is 17.6 Å². The summed E-state index contributed by atoms with van der Waals surface area (Å²) in [7, 11) is 1.71. The van der Waals surface area contributed by atoms with E-state index in [9.17, 15) is 9.90 Å². The molecule has 0 fully saturated rings. The van der Waals surface area contributed by atoms with Gasteiger partial charge in [-0.05, 0) is 44.5 Å². The largest absolute Gasteiger partial charge is 0.503 e. The Labute approximate surface area is 157 Å². The van der Waals surface area contributed by atoms with E-state index in [4.69, 9.17) is 11.6 Å². The molecule has 1 amide bonds. The number of anilines is 1. The molecule has 5 nitrogen and oxygen atoms in total. The summed E-state index contributed by atoms with van der Waals surface area (Å²) >= 11 is 7.33. The number of hydrogen-bond donors (Lipinski definition) is 2. The first kappa shape index (κ1) is 19.7. The number of carbonyl (C=O) groups is 1. The Bertz CT molecular complexity index is 756. The van der Waals surface area contributed by atoms with Crippen molar-refractivity contribution in [1.82, 2.24) is 9.78 Å². The molecule has 0 spiro atoms. The van der Waals surface area contributed by atoms with Gasteiger partial charge in [0.25, 0.3) is 0 Å². The van der Waals surface area contributed by atoms with Crippen LogP contribution < -0.4 is 5.32 Å². The van der Waals surface area contributed by atoms with Crippen LogP contribution in [-0.4, -0.2) is 25.5 Å². The quantitative estimate of drug-likeness (QED) is 0.705. The Morgan fingerprint density at radius 1 is 1.40 bits per heavy atom. The van der Waals surface area contributed by atoms with Gasteiger partial charge in [-0.25, -0.2) is 4.68 Å². The molecular weight excluding hydrogens is 358 g/mol. The van der Waals surface area contributed by atoms with Crippen molar-refractivity contribution in [2.24, 2.45) is 7.05 Å². The van der Waals surface area contributed by atoms with E-state index >= 15 is 0 Å². The monoisotopic (exact) mass is 381 g/mol. The Balaban J connectivity index is 2.18. The summed E-state index contributed by atoms with van der Waals surface area (Å²) in [6, 6.07) is 7.35. The van der Waals surface area contributed by atoms with Crippen molar-refractivity contribution >= 4 is 35.1 Å². The molecule has 0 saturated heterocycles. The fourth-order valence-corrected chi connectivity index (χ4v) is 3.43. The van der Waals surface area contributed by atoms with E-state index in [1.54, 1.807) is 19.2 Å². The molecule has 2 rings (SSSR count). The topological polar surface area (TPSA) is 67.2 Å². The normalized spacial score (nSPS) is 12.9. The smallest absolute Gasteiger partial charge is 0.241 e. The number of nitrogens with one attached hydrogen (secondary N) is 1. The molecule has 136 valence electrons. The third-order valence-corrected chi connectivity index (χ3v) is 5.55. The summed E-state index contributed by atoms with van der Waals surface area (Å²) in [5, 5.41) is 18.2. The molecule has 1 aromatic carbocycles. The Hall–Kier alpha value is -1.66. The zero-order valence-electron chi connectivity index (χ0n) is 15.1. The molecule has 2 aromatic rings. The van der Waals surface area contributed by atoms with Gasteiger partial charge in [-0.15, -0.1) is 11.8 Å².